The third-order valence-corrected chi connectivity index (χ3v) is 5.78. The van der Waals surface area contributed by atoms with Crippen molar-refractivity contribution in [3.63, 3.8) is 0 Å². The van der Waals surface area contributed by atoms with Gasteiger partial charge in [0.2, 0.25) is 11.5 Å². The molecule has 176 valence electrons. The highest BCUT2D eigenvalue weighted by molar-refractivity contribution is 6.04. The van der Waals surface area contributed by atoms with E-state index in [1.54, 1.807) is 18.3 Å². The van der Waals surface area contributed by atoms with Gasteiger partial charge in [0.05, 0.1) is 24.6 Å². The molecule has 0 aromatic carbocycles. The molecular formula is C23H23ClN6O4. The van der Waals surface area contributed by atoms with Crippen LogP contribution in [0.4, 0.5) is 11.7 Å². The number of hydrogen-bond acceptors (Lipinski definition) is 9. The molecule has 1 aliphatic carbocycles. The van der Waals surface area contributed by atoms with Gasteiger partial charge in [-0.25, -0.2) is 9.97 Å². The minimum Gasteiger partial charge on any atom is -0.444 e. The van der Waals surface area contributed by atoms with E-state index in [4.69, 9.17) is 18.6 Å². The second-order valence-electron chi connectivity index (χ2n) is 8.29. The Kier molecular flexibility index (Phi) is 5.93. The van der Waals surface area contributed by atoms with Gasteiger partial charge in [-0.2, -0.15) is 4.98 Å². The monoisotopic (exact) mass is 482 g/mol. The van der Waals surface area contributed by atoms with Gasteiger partial charge < -0.3 is 23.8 Å². The molecule has 2 aliphatic rings. The molecule has 10 nitrogen and oxygen atoms in total. The maximum absolute atomic E-state index is 13.0. The molecule has 4 aromatic rings. The lowest BCUT2D eigenvalue weighted by Crippen LogP contribution is -2.36. The summed E-state index contributed by atoms with van der Waals surface area (Å²) < 4.78 is 16.9. The van der Waals surface area contributed by atoms with Crippen LogP contribution in [0.25, 0.3) is 22.7 Å². The number of morpholine rings is 1. The van der Waals surface area contributed by atoms with Crippen molar-refractivity contribution in [3.8, 4) is 11.5 Å². The summed E-state index contributed by atoms with van der Waals surface area (Å²) in [7, 11) is 0. The smallest absolute Gasteiger partial charge is 0.300 e. The normalized spacial score (nSPS) is 15.9. The molecular weight excluding hydrogens is 460 g/mol. The van der Waals surface area contributed by atoms with Crippen molar-refractivity contribution in [2.24, 2.45) is 0 Å². The van der Waals surface area contributed by atoms with Crippen LogP contribution in [-0.2, 0) is 4.74 Å². The molecule has 5 heterocycles. The van der Waals surface area contributed by atoms with Crippen molar-refractivity contribution in [2.75, 3.05) is 36.5 Å². The summed E-state index contributed by atoms with van der Waals surface area (Å²) in [5, 5.41) is 2.95. The number of ether oxygens (including phenoxy) is 1. The molecule has 1 N–H and O–H groups in total. The van der Waals surface area contributed by atoms with E-state index in [1.165, 1.54) is 6.26 Å². The summed E-state index contributed by atoms with van der Waals surface area (Å²) in [6.45, 7) is 4.60. The number of nitrogens with one attached hydrogen (secondary N) is 1. The minimum atomic E-state index is -0.369. The molecule has 34 heavy (non-hydrogen) atoms. The van der Waals surface area contributed by atoms with Crippen LogP contribution in [0, 0.1) is 6.92 Å². The summed E-state index contributed by atoms with van der Waals surface area (Å²) in [4.78, 5) is 32.8. The number of carbonyl (C=O) groups excluding carboxylic acids is 1. The van der Waals surface area contributed by atoms with Crippen LogP contribution >= 0.6 is 12.4 Å². The summed E-state index contributed by atoms with van der Waals surface area (Å²) in [6, 6.07) is 5.98. The van der Waals surface area contributed by atoms with Crippen molar-refractivity contribution in [1.29, 1.82) is 0 Å². The van der Waals surface area contributed by atoms with Crippen LogP contribution < -0.4 is 10.2 Å². The van der Waals surface area contributed by atoms with E-state index < -0.39 is 0 Å². The Morgan fingerprint density at radius 3 is 2.74 bits per heavy atom. The Bertz CT molecular complexity index is 1340. The number of oxazole rings is 2. The summed E-state index contributed by atoms with van der Waals surface area (Å²) in [5.74, 6) is 0.305. The molecule has 2 fully saturated rings. The van der Waals surface area contributed by atoms with Crippen molar-refractivity contribution in [3.05, 3.63) is 47.7 Å². The first kappa shape index (κ1) is 22.3. The van der Waals surface area contributed by atoms with Crippen LogP contribution in [0.2, 0.25) is 0 Å². The van der Waals surface area contributed by atoms with Gasteiger partial charge >= 0.3 is 0 Å². The first-order valence-electron chi connectivity index (χ1n) is 11.0. The van der Waals surface area contributed by atoms with E-state index >= 15 is 0 Å². The molecule has 0 atom stereocenters. The maximum Gasteiger partial charge on any atom is 0.300 e. The average molecular weight is 483 g/mol. The lowest BCUT2D eigenvalue weighted by atomic mass is 10.2. The van der Waals surface area contributed by atoms with Gasteiger partial charge in [0, 0.05) is 42.5 Å². The van der Waals surface area contributed by atoms with E-state index in [0.717, 1.165) is 42.9 Å². The van der Waals surface area contributed by atoms with Crippen LogP contribution in [0.1, 0.15) is 40.6 Å². The van der Waals surface area contributed by atoms with E-state index in [9.17, 15) is 4.79 Å². The van der Waals surface area contributed by atoms with Gasteiger partial charge in [0.1, 0.15) is 6.26 Å². The molecule has 4 aromatic heterocycles. The van der Waals surface area contributed by atoms with Crippen LogP contribution in [0.5, 0.6) is 0 Å². The number of carbonyl (C=O) groups is 1. The fraction of sp³-hybridized carbons (Fsp3) is 0.348. The number of nitrogens with zero attached hydrogens (tertiary/aromatic N) is 5. The van der Waals surface area contributed by atoms with Gasteiger partial charge in [0.25, 0.3) is 11.9 Å². The number of halogens is 1. The molecule has 0 spiro atoms. The highest BCUT2D eigenvalue weighted by Gasteiger charge is 2.30. The predicted octanol–water partition coefficient (Wildman–Crippen LogP) is 3.97. The molecule has 6 rings (SSSR count). The number of aromatic nitrogens is 4. The molecule has 1 saturated heterocycles. The van der Waals surface area contributed by atoms with Gasteiger partial charge in [-0.05, 0) is 31.9 Å². The standard InChI is InChI=1S/C23H22N6O4.ClH/c1-13-10-15(4-5-24-13)22-26-17(12-32-22)21(30)25-16-11-18-20(27-19(16)14-2-3-14)28-23(33-18)29-6-8-31-9-7-29;/h4-5,10-12,14H,2-3,6-9H2,1H3,(H,25,30);1H. The molecule has 1 amide bonds. The average Bonchev–Trinajstić information content (AvgIpc) is 3.39. The van der Waals surface area contributed by atoms with Crippen LogP contribution in [0.3, 0.4) is 0 Å². The van der Waals surface area contributed by atoms with Gasteiger partial charge in [0.15, 0.2) is 11.3 Å². The minimum absolute atomic E-state index is 0. The van der Waals surface area contributed by atoms with Gasteiger partial charge in [-0.3, -0.25) is 9.78 Å². The summed E-state index contributed by atoms with van der Waals surface area (Å²) in [6.07, 6.45) is 5.10. The number of pyridine rings is 2. The third kappa shape index (κ3) is 4.34. The molecule has 11 heteroatoms. The topological polar surface area (TPSA) is 119 Å². The van der Waals surface area contributed by atoms with Crippen molar-refractivity contribution >= 4 is 41.2 Å². The number of anilines is 2. The lowest BCUT2D eigenvalue weighted by Gasteiger charge is -2.24. The predicted molar refractivity (Wildman–Crippen MR) is 126 cm³/mol. The number of aryl methyl sites for hydroxylation is 1. The van der Waals surface area contributed by atoms with E-state index in [-0.39, 0.29) is 24.0 Å². The number of fused-ring (bicyclic) bond motifs is 1. The Morgan fingerprint density at radius 1 is 1.15 bits per heavy atom. The first-order valence-corrected chi connectivity index (χ1v) is 11.0. The highest BCUT2D eigenvalue weighted by atomic mass is 35.5. The number of hydrogen-bond donors (Lipinski definition) is 1. The zero-order valence-electron chi connectivity index (χ0n) is 18.5. The largest absolute Gasteiger partial charge is 0.444 e. The highest BCUT2D eigenvalue weighted by Crippen LogP contribution is 2.43. The van der Waals surface area contributed by atoms with Crippen LogP contribution in [-0.4, -0.2) is 52.1 Å². The summed E-state index contributed by atoms with van der Waals surface area (Å²) in [5.41, 5.74) is 4.31. The quantitative estimate of drug-likeness (QED) is 0.450. The second-order valence-corrected chi connectivity index (χ2v) is 8.29. The van der Waals surface area contributed by atoms with Gasteiger partial charge in [-0.1, -0.05) is 0 Å². The molecule has 0 radical (unpaired) electrons. The third-order valence-electron chi connectivity index (χ3n) is 5.78. The Labute approximate surface area is 201 Å². The molecule has 0 unspecified atom stereocenters. The van der Waals surface area contributed by atoms with E-state index in [0.29, 0.717) is 48.0 Å². The zero-order chi connectivity index (χ0) is 22.4. The molecule has 1 aliphatic heterocycles. The number of rotatable bonds is 5. The van der Waals surface area contributed by atoms with E-state index in [2.05, 4.69) is 20.3 Å². The van der Waals surface area contributed by atoms with E-state index in [1.807, 2.05) is 17.9 Å². The molecule has 0 bridgehead atoms. The maximum atomic E-state index is 13.0. The fourth-order valence-corrected chi connectivity index (χ4v) is 3.90. The Balaban J connectivity index is 0.00000241. The van der Waals surface area contributed by atoms with Crippen molar-refractivity contribution < 1.29 is 18.4 Å². The molecule has 1 saturated carbocycles. The Hall–Kier alpha value is -3.50. The second kappa shape index (κ2) is 9.03. The summed E-state index contributed by atoms with van der Waals surface area (Å²) >= 11 is 0. The zero-order valence-corrected chi connectivity index (χ0v) is 19.3. The number of amides is 1. The fourth-order valence-electron chi connectivity index (χ4n) is 3.90. The Morgan fingerprint density at radius 2 is 1.97 bits per heavy atom. The first-order chi connectivity index (χ1) is 16.1. The van der Waals surface area contributed by atoms with Crippen molar-refractivity contribution in [1.82, 2.24) is 19.9 Å². The van der Waals surface area contributed by atoms with Crippen LogP contribution in [0.15, 0.2) is 39.5 Å². The lowest BCUT2D eigenvalue weighted by molar-refractivity contribution is 0.102. The SMILES string of the molecule is Cc1cc(-c2nc(C(=O)Nc3cc4oc(N5CCOCC5)nc4nc3C3CC3)co2)ccn1.Cl. The van der Waals surface area contributed by atoms with Crippen molar-refractivity contribution in [2.45, 2.75) is 25.7 Å². The van der Waals surface area contributed by atoms with Gasteiger partial charge in [-0.15, -0.1) is 12.4 Å².